The zero-order valence-corrected chi connectivity index (χ0v) is 31.6. The predicted molar refractivity (Wildman–Crippen MR) is 206 cm³/mol. The number of amides is 3. The highest BCUT2D eigenvalue weighted by atomic mass is 19.1. The van der Waals surface area contributed by atoms with Crippen LogP contribution in [0.15, 0.2) is 73.1 Å². The molecule has 4 aromatic heterocycles. The molecule has 16 nitrogen and oxygen atoms in total. The normalized spacial score (nSPS) is 18.6. The van der Waals surface area contributed by atoms with Gasteiger partial charge in [0.1, 0.15) is 11.6 Å². The molecule has 18 heteroatoms. The van der Waals surface area contributed by atoms with Crippen LogP contribution in [0.25, 0.3) is 33.4 Å². The number of hydrogen-bond donors (Lipinski definition) is 3. The lowest BCUT2D eigenvalue weighted by Crippen LogP contribution is -2.37. The Labute approximate surface area is 333 Å². The number of aliphatic hydroxyl groups is 2. The third-order valence-corrected chi connectivity index (χ3v) is 9.70. The van der Waals surface area contributed by atoms with Crippen molar-refractivity contribution in [2.75, 3.05) is 34.3 Å². The number of benzene rings is 2. The van der Waals surface area contributed by atoms with Gasteiger partial charge in [0.05, 0.1) is 28.9 Å². The van der Waals surface area contributed by atoms with E-state index in [2.05, 4.69) is 43.8 Å². The average molecular weight is 802 g/mol. The van der Waals surface area contributed by atoms with Gasteiger partial charge in [-0.1, -0.05) is 35.8 Å². The standard InChI is InChI=1S/C21H17FN4O4.C20H16FN5O3/c1-25-11-9-21(29,20(25)28)8-6-13-7-10-23-16(12-13)26-15-5-3-4-14(22)17(15)18(24-26)19(27)30-2;1-25-10-8-20(29,19(25)28)7-5-12-6-9-23-15(11-12)26-14-4-2-3-13(21)16(14)17(24-26)18(22)27/h3-5,7,10,12,29H,9,11H2,1-2H3;2-4,6,9,11,29H,8,10H2,1H3,(H2,22,27)/t21-;20-/m00/s1. The highest BCUT2D eigenvalue weighted by Crippen LogP contribution is 2.27. The van der Waals surface area contributed by atoms with E-state index >= 15 is 0 Å². The molecule has 2 aliphatic rings. The SMILES string of the molecule is CN1CC[C@@](O)(C#Cc2ccnc(-n3nc(C(N)=O)c4c(F)cccc43)c2)C1=O.COC(=O)c1nn(-c2cc(C#C[C@]3(O)CCN(C)C3=O)ccn2)c2cccc(F)c12. The lowest BCUT2D eigenvalue weighted by Gasteiger charge is -2.13. The van der Waals surface area contributed by atoms with Gasteiger partial charge >= 0.3 is 5.97 Å². The molecular formula is C41H33F2N9O7. The number of pyridine rings is 2. The van der Waals surface area contributed by atoms with Crippen LogP contribution in [0.4, 0.5) is 8.78 Å². The fourth-order valence-corrected chi connectivity index (χ4v) is 6.53. The molecule has 59 heavy (non-hydrogen) atoms. The number of hydrogen-bond acceptors (Lipinski definition) is 11. The van der Waals surface area contributed by atoms with Crippen molar-refractivity contribution in [1.29, 1.82) is 0 Å². The predicted octanol–water partition coefficient (Wildman–Crippen LogP) is 1.89. The first-order chi connectivity index (χ1) is 28.1. The largest absolute Gasteiger partial charge is 0.464 e. The lowest BCUT2D eigenvalue weighted by molar-refractivity contribution is -0.138. The van der Waals surface area contributed by atoms with Crippen molar-refractivity contribution in [3.8, 4) is 35.3 Å². The van der Waals surface area contributed by atoms with E-state index in [1.54, 1.807) is 50.5 Å². The molecule has 6 aromatic rings. The molecule has 0 unspecified atom stereocenters. The van der Waals surface area contributed by atoms with Crippen LogP contribution >= 0.6 is 0 Å². The number of carbonyl (C=O) groups excluding carboxylic acids is 4. The summed E-state index contributed by atoms with van der Waals surface area (Å²) in [4.78, 5) is 59.2. The Bertz CT molecular complexity index is 2850. The van der Waals surface area contributed by atoms with Crippen LogP contribution < -0.4 is 5.73 Å². The van der Waals surface area contributed by atoms with E-state index in [9.17, 15) is 38.2 Å². The number of esters is 1. The van der Waals surface area contributed by atoms with Gasteiger partial charge in [0, 0.05) is 63.5 Å². The smallest absolute Gasteiger partial charge is 0.359 e. The van der Waals surface area contributed by atoms with Crippen molar-refractivity contribution in [2.24, 2.45) is 5.73 Å². The quantitative estimate of drug-likeness (QED) is 0.173. The minimum absolute atomic E-state index is 0.00666. The second-order valence-electron chi connectivity index (χ2n) is 13.6. The minimum Gasteiger partial charge on any atom is -0.464 e. The number of likely N-dealkylation sites (N-methyl/N-ethyl adjacent to an activating group) is 2. The summed E-state index contributed by atoms with van der Waals surface area (Å²) in [6, 6.07) is 15.0. The maximum Gasteiger partial charge on any atom is 0.359 e. The first-order valence-corrected chi connectivity index (χ1v) is 17.8. The molecule has 2 aromatic carbocycles. The highest BCUT2D eigenvalue weighted by Gasteiger charge is 2.43. The third-order valence-electron chi connectivity index (χ3n) is 9.70. The molecule has 2 aliphatic heterocycles. The van der Waals surface area contributed by atoms with Gasteiger partial charge in [-0.25, -0.2) is 32.9 Å². The molecule has 8 rings (SSSR count). The van der Waals surface area contributed by atoms with Crippen molar-refractivity contribution in [1.82, 2.24) is 39.3 Å². The number of ether oxygens (including phenoxy) is 1. The first-order valence-electron chi connectivity index (χ1n) is 17.8. The monoisotopic (exact) mass is 801 g/mol. The Morgan fingerprint density at radius 3 is 1.59 bits per heavy atom. The summed E-state index contributed by atoms with van der Waals surface area (Å²) in [5, 5.41) is 29.2. The zero-order valence-electron chi connectivity index (χ0n) is 31.6. The van der Waals surface area contributed by atoms with E-state index in [0.717, 1.165) is 0 Å². The number of nitrogens with two attached hydrogens (primary N) is 1. The summed E-state index contributed by atoms with van der Waals surface area (Å²) in [6.45, 7) is 0.846. The third kappa shape index (κ3) is 7.41. The zero-order chi connectivity index (χ0) is 42.2. The van der Waals surface area contributed by atoms with Crippen molar-refractivity contribution < 1.29 is 42.9 Å². The molecule has 0 bridgehead atoms. The van der Waals surface area contributed by atoms with Gasteiger partial charge in [0.15, 0.2) is 23.0 Å². The second-order valence-corrected chi connectivity index (χ2v) is 13.6. The maximum atomic E-state index is 14.4. The van der Waals surface area contributed by atoms with Crippen LogP contribution in [0.1, 0.15) is 44.9 Å². The van der Waals surface area contributed by atoms with Crippen molar-refractivity contribution in [3.63, 3.8) is 0 Å². The van der Waals surface area contributed by atoms with E-state index in [0.29, 0.717) is 35.2 Å². The number of rotatable bonds is 4. The molecule has 2 atom stereocenters. The number of aromatic nitrogens is 6. The average Bonchev–Trinajstić information content (AvgIpc) is 3.97. The van der Waals surface area contributed by atoms with Crippen LogP contribution in [-0.2, 0) is 14.3 Å². The number of nitrogens with zero attached hydrogens (tertiary/aromatic N) is 8. The molecule has 298 valence electrons. The molecule has 4 N–H and O–H groups in total. The molecule has 0 radical (unpaired) electrons. The number of halogens is 2. The number of primary amides is 1. The van der Waals surface area contributed by atoms with Gasteiger partial charge < -0.3 is 30.5 Å². The topological polar surface area (TPSA) is 212 Å². The summed E-state index contributed by atoms with van der Waals surface area (Å²) in [7, 11) is 4.40. The number of methoxy groups -OCH3 is 1. The minimum atomic E-state index is -1.72. The number of carbonyl (C=O) groups is 4. The summed E-state index contributed by atoms with van der Waals surface area (Å²) in [6.07, 6.45) is 3.37. The number of fused-ring (bicyclic) bond motifs is 2. The van der Waals surface area contributed by atoms with Crippen molar-refractivity contribution in [2.45, 2.75) is 24.0 Å². The van der Waals surface area contributed by atoms with Gasteiger partial charge in [0.25, 0.3) is 17.7 Å². The molecule has 2 saturated heterocycles. The van der Waals surface area contributed by atoms with Crippen molar-refractivity contribution >= 4 is 45.5 Å². The van der Waals surface area contributed by atoms with Crippen LogP contribution in [0.3, 0.4) is 0 Å². The van der Waals surface area contributed by atoms with Gasteiger partial charge in [-0.15, -0.1) is 0 Å². The van der Waals surface area contributed by atoms with E-state index < -0.39 is 46.5 Å². The lowest BCUT2D eigenvalue weighted by atomic mass is 10.0. The molecule has 0 aliphatic carbocycles. The summed E-state index contributed by atoms with van der Waals surface area (Å²) < 4.78 is 36.0. The fraction of sp³-hybridized carbons (Fsp3) is 0.220. The van der Waals surface area contributed by atoms with Crippen LogP contribution in [-0.4, -0.2) is 119 Å². The molecule has 6 heterocycles. The second kappa shape index (κ2) is 15.4. The van der Waals surface area contributed by atoms with E-state index in [-0.39, 0.29) is 46.6 Å². The fourth-order valence-electron chi connectivity index (χ4n) is 6.53. The summed E-state index contributed by atoms with van der Waals surface area (Å²) >= 11 is 0. The Kier molecular flexibility index (Phi) is 10.4. The summed E-state index contributed by atoms with van der Waals surface area (Å²) in [5.74, 6) is 7.65. The molecule has 2 fully saturated rings. The van der Waals surface area contributed by atoms with E-state index in [1.165, 1.54) is 62.9 Å². The molecule has 0 spiro atoms. The van der Waals surface area contributed by atoms with Gasteiger partial charge in [0.2, 0.25) is 11.2 Å². The van der Waals surface area contributed by atoms with Gasteiger partial charge in [-0.05, 0) is 48.5 Å². The maximum absolute atomic E-state index is 14.4. The van der Waals surface area contributed by atoms with E-state index in [4.69, 9.17) is 10.5 Å². The van der Waals surface area contributed by atoms with Crippen molar-refractivity contribution in [3.05, 3.63) is 107 Å². The first kappa shape index (κ1) is 39.7. The molecule has 0 saturated carbocycles. The molecular weight excluding hydrogens is 769 g/mol. The van der Waals surface area contributed by atoms with Crippen LogP contribution in [0, 0.1) is 35.3 Å². The van der Waals surface area contributed by atoms with Crippen LogP contribution in [0.2, 0.25) is 0 Å². The Balaban J connectivity index is 0.000000179. The van der Waals surface area contributed by atoms with Gasteiger partial charge in [-0.2, -0.15) is 10.2 Å². The van der Waals surface area contributed by atoms with Gasteiger partial charge in [-0.3, -0.25) is 14.4 Å². The van der Waals surface area contributed by atoms with E-state index in [1.807, 2.05) is 0 Å². The molecule has 3 amide bonds. The highest BCUT2D eigenvalue weighted by molar-refractivity contribution is 6.05. The Morgan fingerprint density at radius 2 is 1.19 bits per heavy atom. The Hall–Kier alpha value is -7.54. The summed E-state index contributed by atoms with van der Waals surface area (Å²) in [5.41, 5.74) is 3.11. The Morgan fingerprint density at radius 1 is 0.746 bits per heavy atom. The number of likely N-dealkylation sites (tertiary alicyclic amines) is 2. The van der Waals surface area contributed by atoms with Crippen LogP contribution in [0.5, 0.6) is 0 Å².